The number of benzene rings is 1. The van der Waals surface area contributed by atoms with Crippen molar-refractivity contribution in [1.29, 1.82) is 0 Å². The number of carbonyl (C=O) groups excluding carboxylic acids is 2. The molecule has 2 amide bonds. The molecule has 1 atom stereocenters. The van der Waals surface area contributed by atoms with Gasteiger partial charge < -0.3 is 10.2 Å². The first-order valence-corrected chi connectivity index (χ1v) is 11.2. The fraction of sp³-hybridized carbons (Fsp3) is 0.333. The van der Waals surface area contributed by atoms with Crippen LogP contribution < -0.4 is 10.2 Å². The Bertz CT molecular complexity index is 1000. The van der Waals surface area contributed by atoms with E-state index in [0.29, 0.717) is 10.7 Å². The second kappa shape index (κ2) is 8.20. The molecule has 2 aromatic rings. The molecule has 0 aliphatic carbocycles. The van der Waals surface area contributed by atoms with Gasteiger partial charge in [0.15, 0.2) is 0 Å². The van der Waals surface area contributed by atoms with Gasteiger partial charge in [-0.05, 0) is 30.3 Å². The highest BCUT2D eigenvalue weighted by atomic mass is 35.5. The Morgan fingerprint density at radius 2 is 2.07 bits per heavy atom. The van der Waals surface area contributed by atoms with Crippen LogP contribution in [0.2, 0.25) is 5.02 Å². The zero-order chi connectivity index (χ0) is 20.5. The van der Waals surface area contributed by atoms with Crippen LogP contribution in [-0.2, 0) is 26.2 Å². The SMILES string of the molecule is CN(C)S(=O)(=O)c1ccc(CNC(=O)[C@H]2CC(=O)N(c3cccc(Cl)c3)C2)s1. The van der Waals surface area contributed by atoms with Crippen molar-refractivity contribution in [2.75, 3.05) is 25.5 Å². The van der Waals surface area contributed by atoms with Gasteiger partial charge in [-0.3, -0.25) is 9.59 Å². The van der Waals surface area contributed by atoms with Crippen molar-refractivity contribution in [1.82, 2.24) is 9.62 Å². The molecule has 1 aliphatic heterocycles. The number of amides is 2. The van der Waals surface area contributed by atoms with Crippen molar-refractivity contribution in [2.24, 2.45) is 5.92 Å². The largest absolute Gasteiger partial charge is 0.351 e. The fourth-order valence-corrected chi connectivity index (χ4v) is 5.52. The standard InChI is InChI=1S/C18H20ClN3O4S2/c1-21(2)28(25,26)17-7-6-15(27-17)10-20-18(24)12-8-16(23)22(11-12)14-5-3-4-13(19)9-14/h3-7,9,12H,8,10-11H2,1-2H3,(H,20,24)/t12-/m0/s1. The monoisotopic (exact) mass is 441 g/mol. The molecule has 0 saturated carbocycles. The number of thiophene rings is 1. The maximum atomic E-state index is 12.5. The molecule has 0 unspecified atom stereocenters. The summed E-state index contributed by atoms with van der Waals surface area (Å²) in [5, 5.41) is 3.32. The first kappa shape index (κ1) is 20.8. The molecule has 1 N–H and O–H groups in total. The average molecular weight is 442 g/mol. The Kier molecular flexibility index (Phi) is 6.09. The third-order valence-corrected chi connectivity index (χ3v) is 8.03. The molecule has 0 spiro atoms. The van der Waals surface area contributed by atoms with Gasteiger partial charge in [-0.25, -0.2) is 12.7 Å². The van der Waals surface area contributed by atoms with E-state index in [1.165, 1.54) is 20.2 Å². The average Bonchev–Trinajstić information content (AvgIpc) is 3.26. The maximum Gasteiger partial charge on any atom is 0.252 e. The molecule has 0 bridgehead atoms. The normalized spacial score (nSPS) is 17.4. The summed E-state index contributed by atoms with van der Waals surface area (Å²) in [7, 11) is -0.539. The predicted molar refractivity (Wildman–Crippen MR) is 109 cm³/mol. The number of nitrogens with one attached hydrogen (secondary N) is 1. The highest BCUT2D eigenvalue weighted by Gasteiger charge is 2.35. The summed E-state index contributed by atoms with van der Waals surface area (Å²) < 4.78 is 25.6. The molecular formula is C18H20ClN3O4S2. The van der Waals surface area contributed by atoms with Gasteiger partial charge in [0, 0.05) is 42.6 Å². The van der Waals surface area contributed by atoms with Crippen LogP contribution in [0.5, 0.6) is 0 Å². The van der Waals surface area contributed by atoms with Crippen molar-refractivity contribution < 1.29 is 18.0 Å². The fourth-order valence-electron chi connectivity index (χ4n) is 2.87. The van der Waals surface area contributed by atoms with E-state index < -0.39 is 15.9 Å². The Hall–Kier alpha value is -1.94. The van der Waals surface area contributed by atoms with Crippen molar-refractivity contribution in [3.8, 4) is 0 Å². The topological polar surface area (TPSA) is 86.8 Å². The first-order chi connectivity index (χ1) is 13.2. The summed E-state index contributed by atoms with van der Waals surface area (Å²) in [5.74, 6) is -0.822. The van der Waals surface area contributed by atoms with Gasteiger partial charge in [0.2, 0.25) is 11.8 Å². The Labute approximate surface area is 172 Å². The summed E-state index contributed by atoms with van der Waals surface area (Å²) in [6, 6.07) is 10.2. The second-order valence-electron chi connectivity index (χ2n) is 6.61. The molecule has 0 radical (unpaired) electrons. The lowest BCUT2D eigenvalue weighted by atomic mass is 10.1. The lowest BCUT2D eigenvalue weighted by Gasteiger charge is -2.17. The second-order valence-corrected chi connectivity index (χ2v) is 10.6. The van der Waals surface area contributed by atoms with E-state index in [0.717, 1.165) is 20.5 Å². The molecule has 150 valence electrons. The lowest BCUT2D eigenvalue weighted by Crippen LogP contribution is -2.32. The summed E-state index contributed by atoms with van der Waals surface area (Å²) in [6.07, 6.45) is 0.128. The number of rotatable bonds is 6. The van der Waals surface area contributed by atoms with Gasteiger partial charge in [0.1, 0.15) is 4.21 Å². The number of carbonyl (C=O) groups is 2. The maximum absolute atomic E-state index is 12.5. The van der Waals surface area contributed by atoms with Crippen LogP contribution >= 0.6 is 22.9 Å². The van der Waals surface area contributed by atoms with Crippen molar-refractivity contribution in [2.45, 2.75) is 17.2 Å². The Balaban J connectivity index is 1.60. The van der Waals surface area contributed by atoms with E-state index in [1.54, 1.807) is 35.2 Å². The number of hydrogen-bond donors (Lipinski definition) is 1. The lowest BCUT2D eigenvalue weighted by molar-refractivity contribution is -0.126. The molecule has 1 aromatic carbocycles. The zero-order valence-corrected chi connectivity index (χ0v) is 17.8. The summed E-state index contributed by atoms with van der Waals surface area (Å²) in [4.78, 5) is 27.1. The van der Waals surface area contributed by atoms with Gasteiger partial charge >= 0.3 is 0 Å². The highest BCUT2D eigenvalue weighted by molar-refractivity contribution is 7.91. The molecule has 1 saturated heterocycles. The quantitative estimate of drug-likeness (QED) is 0.745. The first-order valence-electron chi connectivity index (χ1n) is 8.53. The Morgan fingerprint density at radius 1 is 1.32 bits per heavy atom. The molecule has 28 heavy (non-hydrogen) atoms. The number of anilines is 1. The van der Waals surface area contributed by atoms with Crippen LogP contribution in [0.25, 0.3) is 0 Å². The van der Waals surface area contributed by atoms with Gasteiger partial charge in [0.05, 0.1) is 12.5 Å². The molecular weight excluding hydrogens is 422 g/mol. The van der Waals surface area contributed by atoms with Crippen molar-refractivity contribution in [3.63, 3.8) is 0 Å². The van der Waals surface area contributed by atoms with Crippen molar-refractivity contribution >= 4 is 50.5 Å². The van der Waals surface area contributed by atoms with Crippen LogP contribution in [0.15, 0.2) is 40.6 Å². The predicted octanol–water partition coefficient (Wildman–Crippen LogP) is 2.32. The summed E-state index contributed by atoms with van der Waals surface area (Å²) in [5.41, 5.74) is 0.671. The molecule has 1 aliphatic rings. The number of hydrogen-bond acceptors (Lipinski definition) is 5. The molecule has 7 nitrogen and oxygen atoms in total. The number of sulfonamides is 1. The highest BCUT2D eigenvalue weighted by Crippen LogP contribution is 2.28. The minimum absolute atomic E-state index is 0.127. The summed E-state index contributed by atoms with van der Waals surface area (Å²) in [6.45, 7) is 0.504. The molecule has 10 heteroatoms. The van der Waals surface area contributed by atoms with Gasteiger partial charge in [-0.2, -0.15) is 0 Å². The van der Waals surface area contributed by atoms with E-state index in [2.05, 4.69) is 5.32 Å². The van der Waals surface area contributed by atoms with Gasteiger partial charge in [-0.15, -0.1) is 11.3 Å². The van der Waals surface area contributed by atoms with E-state index in [-0.39, 0.29) is 35.5 Å². The van der Waals surface area contributed by atoms with Gasteiger partial charge in [0.25, 0.3) is 10.0 Å². The molecule has 2 heterocycles. The van der Waals surface area contributed by atoms with E-state index >= 15 is 0 Å². The Morgan fingerprint density at radius 3 is 2.75 bits per heavy atom. The van der Waals surface area contributed by atoms with E-state index in [4.69, 9.17) is 11.6 Å². The minimum Gasteiger partial charge on any atom is -0.351 e. The number of nitrogens with zero attached hydrogens (tertiary/aromatic N) is 2. The van der Waals surface area contributed by atoms with E-state index in [9.17, 15) is 18.0 Å². The minimum atomic E-state index is -3.48. The zero-order valence-electron chi connectivity index (χ0n) is 15.4. The van der Waals surface area contributed by atoms with E-state index in [1.807, 2.05) is 0 Å². The van der Waals surface area contributed by atoms with Crippen LogP contribution in [0.1, 0.15) is 11.3 Å². The van der Waals surface area contributed by atoms with Crippen LogP contribution in [0.4, 0.5) is 5.69 Å². The van der Waals surface area contributed by atoms with Crippen LogP contribution in [-0.4, -0.2) is 45.2 Å². The van der Waals surface area contributed by atoms with Crippen LogP contribution in [0.3, 0.4) is 0 Å². The molecule has 1 aromatic heterocycles. The molecule has 1 fully saturated rings. The third-order valence-electron chi connectivity index (χ3n) is 4.42. The van der Waals surface area contributed by atoms with Gasteiger partial charge in [-0.1, -0.05) is 17.7 Å². The number of halogens is 1. The smallest absolute Gasteiger partial charge is 0.252 e. The van der Waals surface area contributed by atoms with Crippen molar-refractivity contribution in [3.05, 3.63) is 46.3 Å². The molecule has 3 rings (SSSR count). The third kappa shape index (κ3) is 4.38. The summed E-state index contributed by atoms with van der Waals surface area (Å²) >= 11 is 7.09. The van der Waals surface area contributed by atoms with Crippen LogP contribution in [0, 0.1) is 5.92 Å².